The highest BCUT2D eigenvalue weighted by molar-refractivity contribution is 7.29. The minimum Gasteiger partial charge on any atom is -0.143 e. The smallest absolute Gasteiger partial charge is 0.0449 e. The van der Waals surface area contributed by atoms with Crippen molar-refractivity contribution in [3.05, 3.63) is 70.9 Å². The summed E-state index contributed by atoms with van der Waals surface area (Å²) in [4.78, 5) is 12.3. The Morgan fingerprint density at radius 2 is 0.897 bits per heavy atom. The van der Waals surface area contributed by atoms with Gasteiger partial charge in [-0.1, -0.05) is 26.8 Å². The van der Waals surface area contributed by atoms with Crippen molar-refractivity contribution < 1.29 is 0 Å². The van der Waals surface area contributed by atoms with Crippen LogP contribution in [-0.2, 0) is 5.41 Å². The van der Waals surface area contributed by atoms with Crippen LogP contribution >= 0.6 is 56.7 Å². The standard InChI is InChI=1S/C24H20S5/c1-24(2,3)23-13-12-22(29-23)21-11-10-20(28-21)19-9-8-18(27-19)17-7-6-16(26-17)15-5-4-14-25-15/h4-14H,1-3H3. The van der Waals surface area contributed by atoms with Crippen LogP contribution < -0.4 is 0 Å². The fraction of sp³-hybridized carbons (Fsp3) is 0.167. The molecule has 0 N–H and O–H groups in total. The van der Waals surface area contributed by atoms with Gasteiger partial charge in [0.05, 0.1) is 0 Å². The minimum atomic E-state index is 0.217. The first-order chi connectivity index (χ1) is 14.0. The van der Waals surface area contributed by atoms with Gasteiger partial charge >= 0.3 is 0 Å². The molecule has 0 bridgehead atoms. The van der Waals surface area contributed by atoms with Crippen LogP contribution in [-0.4, -0.2) is 0 Å². The van der Waals surface area contributed by atoms with E-state index in [0.29, 0.717) is 0 Å². The molecule has 0 radical (unpaired) electrons. The summed E-state index contributed by atoms with van der Waals surface area (Å²) < 4.78 is 0. The molecule has 0 aliphatic rings. The minimum absolute atomic E-state index is 0.217. The lowest BCUT2D eigenvalue weighted by Crippen LogP contribution is -2.07. The van der Waals surface area contributed by atoms with Crippen molar-refractivity contribution in [2.24, 2.45) is 0 Å². The lowest BCUT2D eigenvalue weighted by Gasteiger charge is -2.15. The average molecular weight is 469 g/mol. The van der Waals surface area contributed by atoms with Gasteiger partial charge in [0.1, 0.15) is 0 Å². The number of hydrogen-bond acceptors (Lipinski definition) is 5. The maximum Gasteiger partial charge on any atom is 0.0449 e. The van der Waals surface area contributed by atoms with Crippen LogP contribution in [0.15, 0.2) is 66.0 Å². The summed E-state index contributed by atoms with van der Waals surface area (Å²) in [6.07, 6.45) is 0. The molecule has 0 amide bonds. The Hall–Kier alpha value is -1.50. The van der Waals surface area contributed by atoms with Crippen molar-refractivity contribution in [1.82, 2.24) is 0 Å². The van der Waals surface area contributed by atoms with E-state index in [1.54, 1.807) is 11.3 Å². The first-order valence-electron chi connectivity index (χ1n) is 9.42. The number of hydrogen-bond donors (Lipinski definition) is 0. The molecule has 5 rings (SSSR count). The highest BCUT2D eigenvalue weighted by Crippen LogP contribution is 2.45. The van der Waals surface area contributed by atoms with Crippen LogP contribution in [0.1, 0.15) is 25.6 Å². The van der Waals surface area contributed by atoms with Crippen molar-refractivity contribution in [2.45, 2.75) is 26.2 Å². The van der Waals surface area contributed by atoms with Gasteiger partial charge in [-0.15, -0.1) is 56.7 Å². The first kappa shape index (κ1) is 19.5. The molecule has 5 heterocycles. The summed E-state index contributed by atoms with van der Waals surface area (Å²) in [6.45, 7) is 6.85. The van der Waals surface area contributed by atoms with Crippen LogP contribution in [0, 0.1) is 0 Å². The van der Waals surface area contributed by atoms with E-state index >= 15 is 0 Å². The molecule has 0 aliphatic carbocycles. The summed E-state index contributed by atoms with van der Waals surface area (Å²) in [5.74, 6) is 0. The summed E-state index contributed by atoms with van der Waals surface area (Å²) in [5.41, 5.74) is 0.217. The van der Waals surface area contributed by atoms with Crippen LogP contribution in [0.4, 0.5) is 0 Å². The first-order valence-corrected chi connectivity index (χ1v) is 13.6. The molecule has 5 aromatic heterocycles. The second-order valence-corrected chi connectivity index (χ2v) is 13.2. The Kier molecular flexibility index (Phi) is 5.13. The molecule has 5 heteroatoms. The quantitative estimate of drug-likeness (QED) is 0.246. The zero-order valence-corrected chi connectivity index (χ0v) is 20.5. The molecule has 0 aromatic carbocycles. The third-order valence-electron chi connectivity index (χ3n) is 4.66. The lowest BCUT2D eigenvalue weighted by molar-refractivity contribution is 0.604. The second-order valence-electron chi connectivity index (χ2n) is 7.88. The zero-order chi connectivity index (χ0) is 20.0. The van der Waals surface area contributed by atoms with Gasteiger partial charge in [0.2, 0.25) is 0 Å². The highest BCUT2D eigenvalue weighted by Gasteiger charge is 2.17. The van der Waals surface area contributed by atoms with Crippen LogP contribution in [0.25, 0.3) is 39.0 Å². The van der Waals surface area contributed by atoms with E-state index in [9.17, 15) is 0 Å². The van der Waals surface area contributed by atoms with E-state index in [4.69, 9.17) is 0 Å². The van der Waals surface area contributed by atoms with E-state index in [1.165, 1.54) is 43.9 Å². The van der Waals surface area contributed by atoms with E-state index in [0.717, 1.165) is 0 Å². The summed E-state index contributed by atoms with van der Waals surface area (Å²) >= 11 is 9.41. The average Bonchev–Trinajstić information content (AvgIpc) is 3.53. The van der Waals surface area contributed by atoms with Crippen LogP contribution in [0.2, 0.25) is 0 Å². The lowest BCUT2D eigenvalue weighted by atomic mass is 9.95. The van der Waals surface area contributed by atoms with E-state index in [1.807, 2.05) is 45.3 Å². The van der Waals surface area contributed by atoms with E-state index in [2.05, 4.69) is 86.8 Å². The maximum absolute atomic E-state index is 2.28. The van der Waals surface area contributed by atoms with Crippen LogP contribution in [0.3, 0.4) is 0 Å². The Morgan fingerprint density at radius 1 is 0.483 bits per heavy atom. The number of thiophene rings is 5. The van der Waals surface area contributed by atoms with Crippen molar-refractivity contribution in [1.29, 1.82) is 0 Å². The van der Waals surface area contributed by atoms with Gasteiger partial charge in [-0.05, 0) is 65.4 Å². The Bertz CT molecular complexity index is 1230. The Morgan fingerprint density at radius 3 is 1.28 bits per heavy atom. The molecule has 0 saturated heterocycles. The predicted molar refractivity (Wildman–Crippen MR) is 136 cm³/mol. The largest absolute Gasteiger partial charge is 0.143 e. The molecular weight excluding hydrogens is 449 g/mol. The van der Waals surface area contributed by atoms with Gasteiger partial charge in [0.25, 0.3) is 0 Å². The maximum atomic E-state index is 2.28. The molecule has 146 valence electrons. The highest BCUT2D eigenvalue weighted by atomic mass is 32.1. The molecule has 0 aliphatic heterocycles. The van der Waals surface area contributed by atoms with Gasteiger partial charge in [-0.3, -0.25) is 0 Å². The van der Waals surface area contributed by atoms with Crippen molar-refractivity contribution in [3.8, 4) is 39.0 Å². The van der Waals surface area contributed by atoms with E-state index < -0.39 is 0 Å². The summed E-state index contributed by atoms with van der Waals surface area (Å²) in [5, 5.41) is 2.14. The van der Waals surface area contributed by atoms with Crippen LogP contribution in [0.5, 0.6) is 0 Å². The van der Waals surface area contributed by atoms with Gasteiger partial charge < -0.3 is 0 Å². The molecule has 29 heavy (non-hydrogen) atoms. The van der Waals surface area contributed by atoms with Gasteiger partial charge in [-0.25, -0.2) is 0 Å². The third kappa shape index (κ3) is 3.94. The Labute approximate surface area is 191 Å². The second kappa shape index (κ2) is 7.64. The SMILES string of the molecule is CC(C)(C)c1ccc(-c2ccc(-c3ccc(-c4ccc(-c5cccs5)s4)s3)s2)s1. The number of rotatable bonds is 4. The molecule has 0 fully saturated rings. The molecular formula is C24H20S5. The van der Waals surface area contributed by atoms with Crippen molar-refractivity contribution in [3.63, 3.8) is 0 Å². The van der Waals surface area contributed by atoms with Gasteiger partial charge in [0.15, 0.2) is 0 Å². The molecule has 5 aromatic rings. The summed E-state index contributed by atoms with van der Waals surface area (Å²) in [6, 6.07) is 22.5. The predicted octanol–water partition coefficient (Wildman–Crippen LogP) is 9.96. The fourth-order valence-electron chi connectivity index (χ4n) is 3.10. The van der Waals surface area contributed by atoms with Crippen molar-refractivity contribution >= 4 is 56.7 Å². The van der Waals surface area contributed by atoms with Gasteiger partial charge in [0, 0.05) is 43.9 Å². The topological polar surface area (TPSA) is 0 Å². The molecule has 0 atom stereocenters. The Balaban J connectivity index is 1.40. The normalized spacial score (nSPS) is 12.0. The molecule has 0 nitrogen and oxygen atoms in total. The summed E-state index contributed by atoms with van der Waals surface area (Å²) in [7, 11) is 0. The van der Waals surface area contributed by atoms with Crippen molar-refractivity contribution in [2.75, 3.05) is 0 Å². The van der Waals surface area contributed by atoms with Gasteiger partial charge in [-0.2, -0.15) is 0 Å². The zero-order valence-electron chi connectivity index (χ0n) is 16.4. The molecule has 0 saturated carbocycles. The molecule has 0 spiro atoms. The fourth-order valence-corrected chi connectivity index (χ4v) is 8.29. The monoisotopic (exact) mass is 468 g/mol. The third-order valence-corrected chi connectivity index (χ3v) is 11.1. The van der Waals surface area contributed by atoms with E-state index in [-0.39, 0.29) is 5.41 Å². The molecule has 0 unspecified atom stereocenters.